The monoisotopic (exact) mass is 287 g/mol. The second-order valence-electron chi connectivity index (χ2n) is 4.31. The van der Waals surface area contributed by atoms with E-state index in [1.54, 1.807) is 12.1 Å². The fourth-order valence-corrected chi connectivity index (χ4v) is 1.73. The van der Waals surface area contributed by atoms with Crippen molar-refractivity contribution < 1.29 is 14.8 Å². The Morgan fingerprint density at radius 1 is 1.24 bits per heavy atom. The summed E-state index contributed by atoms with van der Waals surface area (Å²) in [5.74, 6) is -0.321. The minimum atomic E-state index is -0.934. The first-order chi connectivity index (χ1) is 10.1. The molecule has 0 bridgehead atoms. The number of pyridine rings is 1. The van der Waals surface area contributed by atoms with E-state index in [4.69, 9.17) is 0 Å². The molecule has 0 fully saturated rings. The highest BCUT2D eigenvalue weighted by molar-refractivity contribution is 5.93. The SMILES string of the molecule is O=C(NCC(O)c1ccc([N+](=O)[O-])cc1)c1ccncc1. The summed E-state index contributed by atoms with van der Waals surface area (Å²) in [5.41, 5.74) is 0.892. The van der Waals surface area contributed by atoms with Crippen molar-refractivity contribution >= 4 is 11.6 Å². The number of aliphatic hydroxyl groups excluding tert-OH is 1. The van der Waals surface area contributed by atoms with Crippen LogP contribution in [0.2, 0.25) is 0 Å². The molecule has 21 heavy (non-hydrogen) atoms. The highest BCUT2D eigenvalue weighted by Crippen LogP contribution is 2.17. The first-order valence-corrected chi connectivity index (χ1v) is 6.18. The molecule has 0 saturated heterocycles. The molecule has 1 atom stereocenters. The lowest BCUT2D eigenvalue weighted by atomic mass is 10.1. The number of hydrogen-bond donors (Lipinski definition) is 2. The van der Waals surface area contributed by atoms with Crippen molar-refractivity contribution in [1.82, 2.24) is 10.3 Å². The summed E-state index contributed by atoms with van der Waals surface area (Å²) in [6, 6.07) is 8.66. The van der Waals surface area contributed by atoms with Crippen molar-refractivity contribution in [2.45, 2.75) is 6.10 Å². The van der Waals surface area contributed by atoms with Gasteiger partial charge in [0.1, 0.15) is 0 Å². The number of nitrogens with one attached hydrogen (secondary N) is 1. The van der Waals surface area contributed by atoms with Gasteiger partial charge in [0.05, 0.1) is 11.0 Å². The summed E-state index contributed by atoms with van der Waals surface area (Å²) in [6.07, 6.45) is 2.07. The van der Waals surface area contributed by atoms with Crippen LogP contribution in [0.1, 0.15) is 22.0 Å². The predicted octanol–water partition coefficient (Wildman–Crippen LogP) is 1.45. The van der Waals surface area contributed by atoms with Gasteiger partial charge in [0.15, 0.2) is 0 Å². The number of amides is 1. The summed E-state index contributed by atoms with van der Waals surface area (Å²) in [4.78, 5) is 25.6. The van der Waals surface area contributed by atoms with Gasteiger partial charge in [-0.25, -0.2) is 0 Å². The molecule has 1 heterocycles. The van der Waals surface area contributed by atoms with E-state index in [1.165, 1.54) is 36.7 Å². The van der Waals surface area contributed by atoms with Crippen LogP contribution < -0.4 is 5.32 Å². The summed E-state index contributed by atoms with van der Waals surface area (Å²) in [6.45, 7) is 0.0129. The Hall–Kier alpha value is -2.80. The summed E-state index contributed by atoms with van der Waals surface area (Å²) in [5, 5.41) is 23.1. The fourth-order valence-electron chi connectivity index (χ4n) is 1.73. The smallest absolute Gasteiger partial charge is 0.269 e. The van der Waals surface area contributed by atoms with Crippen molar-refractivity contribution in [2.24, 2.45) is 0 Å². The van der Waals surface area contributed by atoms with E-state index in [2.05, 4.69) is 10.3 Å². The van der Waals surface area contributed by atoms with Crippen LogP contribution in [0.3, 0.4) is 0 Å². The van der Waals surface area contributed by atoms with Crippen LogP contribution in [0.25, 0.3) is 0 Å². The summed E-state index contributed by atoms with van der Waals surface area (Å²) in [7, 11) is 0. The van der Waals surface area contributed by atoms with E-state index in [0.29, 0.717) is 11.1 Å². The van der Waals surface area contributed by atoms with Gasteiger partial charge in [0.2, 0.25) is 0 Å². The van der Waals surface area contributed by atoms with Crippen molar-refractivity contribution in [1.29, 1.82) is 0 Å². The molecule has 0 aliphatic rings. The lowest BCUT2D eigenvalue weighted by molar-refractivity contribution is -0.384. The minimum absolute atomic E-state index is 0.0129. The van der Waals surface area contributed by atoms with Gasteiger partial charge in [-0.3, -0.25) is 19.9 Å². The van der Waals surface area contributed by atoms with E-state index < -0.39 is 11.0 Å². The zero-order valence-corrected chi connectivity index (χ0v) is 11.0. The molecule has 7 nitrogen and oxygen atoms in total. The summed E-state index contributed by atoms with van der Waals surface area (Å²) >= 11 is 0. The number of nitro groups is 1. The topological polar surface area (TPSA) is 105 Å². The number of aliphatic hydroxyl groups is 1. The molecule has 2 N–H and O–H groups in total. The summed E-state index contributed by atoms with van der Waals surface area (Å²) < 4.78 is 0. The average molecular weight is 287 g/mol. The van der Waals surface area contributed by atoms with Gasteiger partial charge >= 0.3 is 0 Å². The molecule has 0 radical (unpaired) electrons. The number of hydrogen-bond acceptors (Lipinski definition) is 5. The molecule has 1 aromatic heterocycles. The zero-order chi connectivity index (χ0) is 15.2. The average Bonchev–Trinajstić information content (AvgIpc) is 2.53. The molecule has 108 valence electrons. The third-order valence-electron chi connectivity index (χ3n) is 2.89. The highest BCUT2D eigenvalue weighted by atomic mass is 16.6. The molecular formula is C14H13N3O4. The van der Waals surface area contributed by atoms with E-state index in [9.17, 15) is 20.0 Å². The fraction of sp³-hybridized carbons (Fsp3) is 0.143. The number of nitro benzene ring substituents is 1. The van der Waals surface area contributed by atoms with Crippen LogP contribution in [0, 0.1) is 10.1 Å². The molecule has 0 saturated carbocycles. The Morgan fingerprint density at radius 2 is 1.86 bits per heavy atom. The second kappa shape index (κ2) is 6.58. The molecule has 2 aromatic rings. The van der Waals surface area contributed by atoms with Gasteiger partial charge in [-0.1, -0.05) is 0 Å². The number of aromatic nitrogens is 1. The molecule has 2 rings (SSSR count). The maximum absolute atomic E-state index is 11.8. The molecule has 0 spiro atoms. The van der Waals surface area contributed by atoms with Gasteiger partial charge in [-0.05, 0) is 29.8 Å². The van der Waals surface area contributed by atoms with E-state index in [0.717, 1.165) is 0 Å². The number of non-ortho nitro benzene ring substituents is 1. The number of benzene rings is 1. The molecule has 7 heteroatoms. The number of carbonyl (C=O) groups is 1. The number of rotatable bonds is 5. The van der Waals surface area contributed by atoms with Crippen molar-refractivity contribution in [3.63, 3.8) is 0 Å². The van der Waals surface area contributed by atoms with Gasteiger partial charge in [0.25, 0.3) is 11.6 Å². The first kappa shape index (κ1) is 14.6. The van der Waals surface area contributed by atoms with Gasteiger partial charge in [-0.2, -0.15) is 0 Å². The Morgan fingerprint density at radius 3 is 2.43 bits per heavy atom. The predicted molar refractivity (Wildman–Crippen MR) is 74.6 cm³/mol. The van der Waals surface area contributed by atoms with E-state index in [-0.39, 0.29) is 18.1 Å². The number of carbonyl (C=O) groups excluding carboxylic acids is 1. The molecule has 1 amide bonds. The molecule has 0 aliphatic heterocycles. The quantitative estimate of drug-likeness (QED) is 0.639. The Kier molecular flexibility index (Phi) is 4.57. The molecule has 1 aromatic carbocycles. The third-order valence-corrected chi connectivity index (χ3v) is 2.89. The standard InChI is InChI=1S/C14H13N3O4/c18-13(10-1-3-12(4-2-10)17(20)21)9-16-14(19)11-5-7-15-8-6-11/h1-8,13,18H,9H2,(H,16,19). The van der Waals surface area contributed by atoms with Crippen LogP contribution in [0.5, 0.6) is 0 Å². The van der Waals surface area contributed by atoms with Crippen molar-refractivity contribution in [3.8, 4) is 0 Å². The third kappa shape index (κ3) is 3.83. The molecule has 1 unspecified atom stereocenters. The van der Waals surface area contributed by atoms with Gasteiger partial charge < -0.3 is 10.4 Å². The first-order valence-electron chi connectivity index (χ1n) is 6.18. The van der Waals surface area contributed by atoms with Gasteiger partial charge in [-0.15, -0.1) is 0 Å². The largest absolute Gasteiger partial charge is 0.387 e. The molecule has 0 aliphatic carbocycles. The van der Waals surface area contributed by atoms with E-state index >= 15 is 0 Å². The van der Waals surface area contributed by atoms with Crippen LogP contribution >= 0.6 is 0 Å². The van der Waals surface area contributed by atoms with Crippen LogP contribution in [-0.2, 0) is 0 Å². The van der Waals surface area contributed by atoms with E-state index in [1.807, 2.05) is 0 Å². The van der Waals surface area contributed by atoms with Gasteiger partial charge in [0, 0.05) is 36.6 Å². The van der Waals surface area contributed by atoms with Crippen molar-refractivity contribution in [2.75, 3.05) is 6.54 Å². The van der Waals surface area contributed by atoms with Crippen LogP contribution in [0.4, 0.5) is 5.69 Å². The van der Waals surface area contributed by atoms with Crippen LogP contribution in [-0.4, -0.2) is 27.5 Å². The lowest BCUT2D eigenvalue weighted by Crippen LogP contribution is -2.28. The Bertz CT molecular complexity index is 628. The Balaban J connectivity index is 1.94. The maximum atomic E-state index is 11.8. The minimum Gasteiger partial charge on any atom is -0.387 e. The highest BCUT2D eigenvalue weighted by Gasteiger charge is 2.12. The van der Waals surface area contributed by atoms with Crippen molar-refractivity contribution in [3.05, 3.63) is 70.0 Å². The normalized spacial score (nSPS) is 11.7. The number of nitrogens with zero attached hydrogens (tertiary/aromatic N) is 2. The maximum Gasteiger partial charge on any atom is 0.269 e. The molecular weight excluding hydrogens is 274 g/mol. The zero-order valence-electron chi connectivity index (χ0n) is 11.0. The second-order valence-corrected chi connectivity index (χ2v) is 4.31. The Labute approximate surface area is 120 Å². The lowest BCUT2D eigenvalue weighted by Gasteiger charge is -2.12. The van der Waals surface area contributed by atoms with Crippen LogP contribution in [0.15, 0.2) is 48.8 Å².